The van der Waals surface area contributed by atoms with E-state index in [9.17, 15) is 14.4 Å². The van der Waals surface area contributed by atoms with E-state index in [0.717, 1.165) is 15.5 Å². The van der Waals surface area contributed by atoms with E-state index in [4.69, 9.17) is 4.74 Å². The predicted octanol–water partition coefficient (Wildman–Crippen LogP) is 4.22. The average Bonchev–Trinajstić information content (AvgIpc) is 3.42. The maximum Gasteiger partial charge on any atom is 0.339 e. The van der Waals surface area contributed by atoms with E-state index in [1.807, 2.05) is 23.6 Å². The van der Waals surface area contributed by atoms with Gasteiger partial charge in [-0.1, -0.05) is 12.1 Å². The van der Waals surface area contributed by atoms with E-state index in [0.29, 0.717) is 29.2 Å². The highest BCUT2D eigenvalue weighted by Gasteiger charge is 2.17. The van der Waals surface area contributed by atoms with Crippen LogP contribution in [-0.4, -0.2) is 35.8 Å². The Hall–Kier alpha value is -2.49. The van der Waals surface area contributed by atoms with Gasteiger partial charge in [-0.2, -0.15) is 0 Å². The van der Waals surface area contributed by atoms with Crippen molar-refractivity contribution in [3.63, 3.8) is 0 Å². The van der Waals surface area contributed by atoms with Crippen molar-refractivity contribution >= 4 is 52.1 Å². The Bertz CT molecular complexity index is 1010. The number of aromatic nitrogens is 1. The number of amides is 1. The number of nitrogens with one attached hydrogen (secondary N) is 1. The molecule has 3 rings (SSSR count). The standard InChI is InChI=1S/C21H20N2O4S3/c1-14(24)22-9-8-16-6-7-20(30-16)18(25)10-27-21(26)17-4-2-3-5-19(17)29-12-15-11-28-13-23-15/h2-7,11,13H,8-10,12H2,1H3,(H,22,24). The third-order valence-corrected chi connectivity index (χ3v) is 6.91. The number of thiazole rings is 1. The second kappa shape index (κ2) is 11.1. The maximum absolute atomic E-state index is 12.5. The van der Waals surface area contributed by atoms with Crippen LogP contribution < -0.4 is 5.32 Å². The summed E-state index contributed by atoms with van der Waals surface area (Å²) in [6.45, 7) is 1.68. The van der Waals surface area contributed by atoms with E-state index in [1.165, 1.54) is 41.4 Å². The molecular weight excluding hydrogens is 440 g/mol. The van der Waals surface area contributed by atoms with E-state index in [2.05, 4.69) is 10.3 Å². The molecule has 0 spiro atoms. The van der Waals surface area contributed by atoms with Crippen LogP contribution in [0.3, 0.4) is 0 Å². The zero-order chi connectivity index (χ0) is 21.3. The molecule has 0 atom stereocenters. The van der Waals surface area contributed by atoms with Gasteiger partial charge < -0.3 is 10.1 Å². The van der Waals surface area contributed by atoms with E-state index in [-0.39, 0.29) is 18.3 Å². The van der Waals surface area contributed by atoms with Crippen LogP contribution in [0, 0.1) is 0 Å². The number of carbonyl (C=O) groups excluding carboxylic acids is 3. The van der Waals surface area contributed by atoms with Gasteiger partial charge in [-0.15, -0.1) is 34.4 Å². The van der Waals surface area contributed by atoms with Gasteiger partial charge in [0.1, 0.15) is 0 Å². The first-order valence-electron chi connectivity index (χ1n) is 9.15. The van der Waals surface area contributed by atoms with Crippen molar-refractivity contribution in [2.24, 2.45) is 0 Å². The maximum atomic E-state index is 12.5. The van der Waals surface area contributed by atoms with Gasteiger partial charge in [0.05, 0.1) is 21.6 Å². The van der Waals surface area contributed by atoms with Crippen LogP contribution in [0.5, 0.6) is 0 Å². The molecule has 1 N–H and O–H groups in total. The molecule has 2 heterocycles. The molecule has 0 aliphatic carbocycles. The number of ketones is 1. The summed E-state index contributed by atoms with van der Waals surface area (Å²) in [6, 6.07) is 10.8. The normalized spacial score (nSPS) is 10.6. The molecule has 1 amide bonds. The molecule has 156 valence electrons. The number of benzene rings is 1. The highest BCUT2D eigenvalue weighted by molar-refractivity contribution is 7.98. The Balaban J connectivity index is 1.53. The average molecular weight is 461 g/mol. The number of thiophene rings is 1. The van der Waals surface area contributed by atoms with Gasteiger partial charge in [-0.3, -0.25) is 9.59 Å². The minimum Gasteiger partial charge on any atom is -0.454 e. The summed E-state index contributed by atoms with van der Waals surface area (Å²) in [4.78, 5) is 42.4. The van der Waals surface area contributed by atoms with Crippen LogP contribution in [-0.2, 0) is 21.7 Å². The van der Waals surface area contributed by atoms with Gasteiger partial charge in [0, 0.05) is 34.4 Å². The van der Waals surface area contributed by atoms with Crippen molar-refractivity contribution in [1.29, 1.82) is 0 Å². The number of hydrogen-bond acceptors (Lipinski definition) is 8. The lowest BCUT2D eigenvalue weighted by Crippen LogP contribution is -2.22. The summed E-state index contributed by atoms with van der Waals surface area (Å²) in [5, 5.41) is 4.69. The van der Waals surface area contributed by atoms with Crippen LogP contribution in [0.25, 0.3) is 0 Å². The third-order valence-electron chi connectivity index (χ3n) is 3.98. The summed E-state index contributed by atoms with van der Waals surface area (Å²) in [5.41, 5.74) is 3.17. The molecular formula is C21H20N2O4S3. The number of nitrogens with zero attached hydrogens (tertiary/aromatic N) is 1. The molecule has 0 saturated carbocycles. The number of esters is 1. The zero-order valence-corrected chi connectivity index (χ0v) is 18.7. The Morgan fingerprint density at radius 1 is 1.17 bits per heavy atom. The van der Waals surface area contributed by atoms with Gasteiger partial charge in [-0.25, -0.2) is 9.78 Å². The molecule has 0 aliphatic rings. The number of carbonyl (C=O) groups is 3. The van der Waals surface area contributed by atoms with E-state index in [1.54, 1.807) is 23.7 Å². The quantitative estimate of drug-likeness (QED) is 0.277. The minimum atomic E-state index is -0.521. The van der Waals surface area contributed by atoms with Gasteiger partial charge in [0.25, 0.3) is 0 Å². The zero-order valence-electron chi connectivity index (χ0n) is 16.3. The van der Waals surface area contributed by atoms with Crippen LogP contribution in [0.4, 0.5) is 0 Å². The number of Topliss-reactive ketones (excluding diaryl/α,β-unsaturated/α-hetero) is 1. The molecule has 6 nitrogen and oxygen atoms in total. The lowest BCUT2D eigenvalue weighted by molar-refractivity contribution is -0.118. The molecule has 2 aromatic heterocycles. The topological polar surface area (TPSA) is 85.4 Å². The summed E-state index contributed by atoms with van der Waals surface area (Å²) >= 11 is 4.39. The molecule has 3 aromatic rings. The lowest BCUT2D eigenvalue weighted by Gasteiger charge is -2.08. The van der Waals surface area contributed by atoms with Crippen molar-refractivity contribution in [2.45, 2.75) is 24.0 Å². The molecule has 30 heavy (non-hydrogen) atoms. The molecule has 0 fully saturated rings. The minimum absolute atomic E-state index is 0.0835. The lowest BCUT2D eigenvalue weighted by atomic mass is 10.2. The van der Waals surface area contributed by atoms with Crippen LogP contribution in [0.2, 0.25) is 0 Å². The Morgan fingerprint density at radius 3 is 2.77 bits per heavy atom. The third kappa shape index (κ3) is 6.51. The summed E-state index contributed by atoms with van der Waals surface area (Å²) in [7, 11) is 0. The van der Waals surface area contributed by atoms with Crippen molar-refractivity contribution < 1.29 is 19.1 Å². The number of rotatable bonds is 10. The highest BCUT2D eigenvalue weighted by Crippen LogP contribution is 2.27. The molecule has 0 saturated heterocycles. The molecule has 0 bridgehead atoms. The van der Waals surface area contributed by atoms with E-state index >= 15 is 0 Å². The van der Waals surface area contributed by atoms with Crippen LogP contribution in [0.1, 0.15) is 37.5 Å². The SMILES string of the molecule is CC(=O)NCCc1ccc(C(=O)COC(=O)c2ccccc2SCc2cscn2)s1. The summed E-state index contributed by atoms with van der Waals surface area (Å²) in [6.07, 6.45) is 0.654. The molecule has 9 heteroatoms. The number of thioether (sulfide) groups is 1. The van der Waals surface area contributed by atoms with Crippen LogP contribution >= 0.6 is 34.4 Å². The molecule has 0 unspecified atom stereocenters. The van der Waals surface area contributed by atoms with Gasteiger partial charge in [-0.05, 0) is 30.7 Å². The Kier molecular flexibility index (Phi) is 8.18. The first-order chi connectivity index (χ1) is 14.5. The molecule has 1 aromatic carbocycles. The predicted molar refractivity (Wildman–Crippen MR) is 119 cm³/mol. The van der Waals surface area contributed by atoms with Crippen molar-refractivity contribution in [2.75, 3.05) is 13.2 Å². The Labute approximate surface area is 186 Å². The van der Waals surface area contributed by atoms with Crippen molar-refractivity contribution in [3.8, 4) is 0 Å². The van der Waals surface area contributed by atoms with Gasteiger partial charge in [0.2, 0.25) is 11.7 Å². The fourth-order valence-corrected chi connectivity index (χ4v) is 5.06. The van der Waals surface area contributed by atoms with Gasteiger partial charge >= 0.3 is 5.97 Å². The molecule has 0 radical (unpaired) electrons. The largest absolute Gasteiger partial charge is 0.454 e. The first kappa shape index (κ1) is 22.2. The van der Waals surface area contributed by atoms with Gasteiger partial charge in [0.15, 0.2) is 6.61 Å². The monoisotopic (exact) mass is 460 g/mol. The fraction of sp³-hybridized carbons (Fsp3) is 0.238. The first-order valence-corrected chi connectivity index (χ1v) is 11.9. The number of ether oxygens (including phenoxy) is 1. The molecule has 0 aliphatic heterocycles. The van der Waals surface area contributed by atoms with Crippen LogP contribution in [0.15, 0.2) is 52.2 Å². The highest BCUT2D eigenvalue weighted by atomic mass is 32.2. The summed E-state index contributed by atoms with van der Waals surface area (Å²) < 4.78 is 5.28. The second-order valence-electron chi connectivity index (χ2n) is 6.26. The van der Waals surface area contributed by atoms with E-state index < -0.39 is 5.97 Å². The number of hydrogen-bond donors (Lipinski definition) is 1. The smallest absolute Gasteiger partial charge is 0.339 e. The fourth-order valence-electron chi connectivity index (χ4n) is 2.53. The van der Waals surface area contributed by atoms with Crippen molar-refractivity contribution in [3.05, 3.63) is 68.3 Å². The van der Waals surface area contributed by atoms with Crippen molar-refractivity contribution in [1.82, 2.24) is 10.3 Å². The second-order valence-corrected chi connectivity index (χ2v) is 9.17. The summed E-state index contributed by atoms with van der Waals surface area (Å²) in [5.74, 6) is -0.192. The Morgan fingerprint density at radius 2 is 2.00 bits per heavy atom.